The minimum absolute atomic E-state index is 0.101. The first-order chi connectivity index (χ1) is 23.4. The molecule has 0 saturated heterocycles. The number of hydrogen-bond acceptors (Lipinski definition) is 6. The number of carbonyl (C=O) groups is 2. The monoisotopic (exact) mass is 673 g/mol. The number of allylic oxidation sites excluding steroid dienone is 8. The third-order valence-corrected chi connectivity index (χ3v) is 8.08. The predicted octanol–water partition coefficient (Wildman–Crippen LogP) is 10.8. The molecule has 6 nitrogen and oxygen atoms in total. The van der Waals surface area contributed by atoms with Gasteiger partial charge in [0.2, 0.25) is 0 Å². The van der Waals surface area contributed by atoms with Gasteiger partial charge in [-0.2, -0.15) is 0 Å². The van der Waals surface area contributed by atoms with Gasteiger partial charge in [0, 0.05) is 12.8 Å². The van der Waals surface area contributed by atoms with E-state index in [-0.39, 0.29) is 31.6 Å². The van der Waals surface area contributed by atoms with Crippen molar-refractivity contribution in [2.24, 2.45) is 5.92 Å². The molecular formula is C42H72O6. The lowest BCUT2D eigenvalue weighted by Crippen LogP contribution is -2.28. The van der Waals surface area contributed by atoms with Gasteiger partial charge in [0.25, 0.3) is 0 Å². The van der Waals surface area contributed by atoms with Crippen LogP contribution in [0.3, 0.4) is 0 Å². The van der Waals surface area contributed by atoms with Crippen LogP contribution in [0.2, 0.25) is 0 Å². The fraction of sp³-hybridized carbons (Fsp3) is 0.714. The van der Waals surface area contributed by atoms with Crippen LogP contribution >= 0.6 is 0 Å². The average molecular weight is 673 g/mol. The lowest BCUT2D eigenvalue weighted by Gasteiger charge is -2.15. The number of hydrogen-bond donors (Lipinski definition) is 2. The van der Waals surface area contributed by atoms with Gasteiger partial charge in [-0.1, -0.05) is 165 Å². The highest BCUT2D eigenvalue weighted by Crippen LogP contribution is 2.15. The van der Waals surface area contributed by atoms with Crippen LogP contribution in [0.25, 0.3) is 0 Å². The molecule has 0 spiro atoms. The molecular weight excluding hydrogens is 600 g/mol. The quantitative estimate of drug-likeness (QED) is 0.0312. The molecule has 48 heavy (non-hydrogen) atoms. The summed E-state index contributed by atoms with van der Waals surface area (Å²) in [6.07, 6.45) is 42.0. The summed E-state index contributed by atoms with van der Waals surface area (Å²) in [5, 5.41) is 19.3. The van der Waals surface area contributed by atoms with Crippen molar-refractivity contribution in [3.05, 3.63) is 60.8 Å². The van der Waals surface area contributed by atoms with E-state index >= 15 is 0 Å². The number of unbranched alkanes of at least 4 members (excludes halogenated alkanes) is 13. The van der Waals surface area contributed by atoms with Crippen molar-refractivity contribution in [2.75, 3.05) is 13.2 Å². The van der Waals surface area contributed by atoms with Crippen LogP contribution < -0.4 is 0 Å². The molecule has 0 bridgehead atoms. The van der Waals surface area contributed by atoms with Crippen LogP contribution in [-0.4, -0.2) is 47.6 Å². The van der Waals surface area contributed by atoms with Crippen molar-refractivity contribution in [3.8, 4) is 0 Å². The Hall–Kier alpha value is -2.44. The van der Waals surface area contributed by atoms with Crippen LogP contribution in [0, 0.1) is 5.92 Å². The van der Waals surface area contributed by atoms with E-state index in [0.29, 0.717) is 19.3 Å². The highest BCUT2D eigenvalue weighted by molar-refractivity contribution is 5.70. The van der Waals surface area contributed by atoms with Crippen molar-refractivity contribution in [2.45, 2.75) is 174 Å². The molecule has 2 atom stereocenters. The third-order valence-electron chi connectivity index (χ3n) is 8.08. The minimum Gasteiger partial charge on any atom is -0.462 e. The van der Waals surface area contributed by atoms with Crippen LogP contribution in [0.4, 0.5) is 0 Å². The Morgan fingerprint density at radius 2 is 1.19 bits per heavy atom. The van der Waals surface area contributed by atoms with Gasteiger partial charge in [-0.25, -0.2) is 0 Å². The lowest BCUT2D eigenvalue weighted by atomic mass is 10.0. The minimum atomic E-state index is -0.814. The maximum Gasteiger partial charge on any atom is 0.306 e. The Morgan fingerprint density at radius 1 is 0.646 bits per heavy atom. The fourth-order valence-corrected chi connectivity index (χ4v) is 5.15. The molecule has 0 amide bonds. The molecule has 0 aliphatic carbocycles. The summed E-state index contributed by atoms with van der Waals surface area (Å²) in [5.41, 5.74) is 0. The van der Waals surface area contributed by atoms with Gasteiger partial charge in [0.1, 0.15) is 6.61 Å². The number of aliphatic hydroxyl groups excluding tert-OH is 2. The van der Waals surface area contributed by atoms with Gasteiger partial charge < -0.3 is 19.7 Å². The fourth-order valence-electron chi connectivity index (χ4n) is 5.15. The molecule has 0 aromatic rings. The Morgan fingerprint density at radius 3 is 1.79 bits per heavy atom. The van der Waals surface area contributed by atoms with Crippen molar-refractivity contribution >= 4 is 11.9 Å². The van der Waals surface area contributed by atoms with E-state index in [2.05, 4.69) is 44.2 Å². The second kappa shape index (κ2) is 35.9. The first-order valence-electron chi connectivity index (χ1n) is 19.3. The zero-order valence-electron chi connectivity index (χ0n) is 31.0. The van der Waals surface area contributed by atoms with Gasteiger partial charge >= 0.3 is 11.9 Å². The van der Waals surface area contributed by atoms with E-state index < -0.39 is 12.2 Å². The van der Waals surface area contributed by atoms with Crippen molar-refractivity contribution < 1.29 is 29.3 Å². The summed E-state index contributed by atoms with van der Waals surface area (Å²) in [7, 11) is 0. The highest BCUT2D eigenvalue weighted by atomic mass is 16.6. The molecule has 276 valence electrons. The maximum absolute atomic E-state index is 12.1. The van der Waals surface area contributed by atoms with E-state index in [1.807, 2.05) is 37.3 Å². The van der Waals surface area contributed by atoms with Crippen molar-refractivity contribution in [1.82, 2.24) is 0 Å². The second-order valence-electron chi connectivity index (χ2n) is 13.3. The van der Waals surface area contributed by atoms with E-state index in [0.717, 1.165) is 50.9 Å². The molecule has 0 aromatic heterocycles. The number of rotatable bonds is 33. The molecule has 0 rings (SSSR count). The van der Waals surface area contributed by atoms with Gasteiger partial charge in [-0.15, -0.1) is 0 Å². The first kappa shape index (κ1) is 45.6. The molecule has 0 radical (unpaired) electrons. The van der Waals surface area contributed by atoms with Crippen LogP contribution in [0.15, 0.2) is 60.8 Å². The highest BCUT2D eigenvalue weighted by Gasteiger charge is 2.16. The molecule has 6 heteroatoms. The standard InChI is InChI=1S/C42H72O6/c1-4-5-32-39(44)33-28-24-20-16-12-9-10-14-18-22-26-30-35-42(46)48-40(36-43)37-47-41(45)34-29-25-21-17-13-8-6-7-11-15-19-23-27-31-38(2)3/h5,9-10,16,18,20,22,24,28,32,38-40,43-44H,4,6-8,11-15,17,19,21,23,25-27,29-31,33-37H2,1-3H3/b10-9-,20-16-,22-18-,28-24+,32-5-/t39?,40-/m0/s1. The topological polar surface area (TPSA) is 93.1 Å². The lowest BCUT2D eigenvalue weighted by molar-refractivity contribution is -0.161. The summed E-state index contributed by atoms with van der Waals surface area (Å²) in [6.45, 7) is 6.19. The first-order valence-corrected chi connectivity index (χ1v) is 19.3. The zero-order valence-corrected chi connectivity index (χ0v) is 31.0. The van der Waals surface area contributed by atoms with Gasteiger partial charge in [0.15, 0.2) is 6.10 Å². The van der Waals surface area contributed by atoms with Crippen LogP contribution in [-0.2, 0) is 19.1 Å². The second-order valence-corrected chi connectivity index (χ2v) is 13.3. The van der Waals surface area contributed by atoms with Gasteiger partial charge in [-0.3, -0.25) is 9.59 Å². The largest absolute Gasteiger partial charge is 0.462 e. The zero-order chi connectivity index (χ0) is 35.3. The van der Waals surface area contributed by atoms with Crippen LogP contribution in [0.5, 0.6) is 0 Å². The van der Waals surface area contributed by atoms with Gasteiger partial charge in [0.05, 0.1) is 12.7 Å². The number of aliphatic hydroxyl groups is 2. The SMILES string of the molecule is CC/C=C\C(O)C/C=C/C=C\C/C=C\C/C=C\CCCC(=O)O[C@@H](CO)COC(=O)CCCCCCCCCCCCCCCC(C)C. The van der Waals surface area contributed by atoms with E-state index in [1.54, 1.807) is 0 Å². The molecule has 0 aromatic carbocycles. The summed E-state index contributed by atoms with van der Waals surface area (Å²) in [5.74, 6) is 0.154. The summed E-state index contributed by atoms with van der Waals surface area (Å²) in [6, 6.07) is 0. The molecule has 0 aliphatic heterocycles. The average Bonchev–Trinajstić information content (AvgIpc) is 3.07. The van der Waals surface area contributed by atoms with Gasteiger partial charge in [-0.05, 0) is 50.9 Å². The number of carbonyl (C=O) groups excluding carboxylic acids is 2. The van der Waals surface area contributed by atoms with Crippen LogP contribution in [0.1, 0.15) is 162 Å². The summed E-state index contributed by atoms with van der Waals surface area (Å²) in [4.78, 5) is 24.2. The molecule has 0 heterocycles. The Labute approximate surface area is 294 Å². The maximum atomic E-state index is 12.1. The Bertz CT molecular complexity index is 885. The van der Waals surface area contributed by atoms with Crippen molar-refractivity contribution in [1.29, 1.82) is 0 Å². The molecule has 0 fully saturated rings. The van der Waals surface area contributed by atoms with E-state index in [1.165, 1.54) is 70.6 Å². The van der Waals surface area contributed by atoms with Crippen molar-refractivity contribution in [3.63, 3.8) is 0 Å². The molecule has 1 unspecified atom stereocenters. The molecule has 2 N–H and O–H groups in total. The van der Waals surface area contributed by atoms with E-state index in [4.69, 9.17) is 9.47 Å². The normalized spacial score (nSPS) is 13.6. The molecule has 0 aliphatic rings. The number of ether oxygens (including phenoxy) is 2. The Kier molecular flexibility index (Phi) is 34.0. The third kappa shape index (κ3) is 34.9. The smallest absolute Gasteiger partial charge is 0.306 e. The number of esters is 2. The summed E-state index contributed by atoms with van der Waals surface area (Å²) >= 11 is 0. The summed E-state index contributed by atoms with van der Waals surface area (Å²) < 4.78 is 10.5. The van der Waals surface area contributed by atoms with E-state index in [9.17, 15) is 19.8 Å². The molecule has 0 saturated carbocycles. The predicted molar refractivity (Wildman–Crippen MR) is 202 cm³/mol. The Balaban J connectivity index is 3.70.